The predicted molar refractivity (Wildman–Crippen MR) is 53.7 cm³/mol. The number of hydrogen-bond acceptors (Lipinski definition) is 2. The summed E-state index contributed by atoms with van der Waals surface area (Å²) in [5.74, 6) is 2.05. The van der Waals surface area contributed by atoms with Gasteiger partial charge in [0.15, 0.2) is 0 Å². The lowest BCUT2D eigenvalue weighted by molar-refractivity contribution is 0.246. The van der Waals surface area contributed by atoms with Crippen LogP contribution in [0.3, 0.4) is 0 Å². The van der Waals surface area contributed by atoms with Crippen molar-refractivity contribution in [1.82, 2.24) is 10.2 Å². The zero-order valence-electron chi connectivity index (χ0n) is 8.34. The summed E-state index contributed by atoms with van der Waals surface area (Å²) in [6.45, 7) is 5.36. The summed E-state index contributed by atoms with van der Waals surface area (Å²) in [6, 6.07) is 0.977. The van der Waals surface area contributed by atoms with E-state index in [1.165, 1.54) is 51.9 Å². The number of fused-ring (bicyclic) bond motifs is 1. The molecule has 3 saturated heterocycles. The molecule has 74 valence electrons. The van der Waals surface area contributed by atoms with Gasteiger partial charge >= 0.3 is 0 Å². The van der Waals surface area contributed by atoms with Crippen LogP contribution in [0.2, 0.25) is 0 Å². The van der Waals surface area contributed by atoms with Gasteiger partial charge in [0, 0.05) is 6.04 Å². The second-order valence-corrected chi connectivity index (χ2v) is 4.95. The summed E-state index contributed by atoms with van der Waals surface area (Å²) >= 11 is 0. The molecular formula is C11H20N2. The highest BCUT2D eigenvalue weighted by Gasteiger charge is 2.41. The molecular weight excluding hydrogens is 160 g/mol. The van der Waals surface area contributed by atoms with Crippen molar-refractivity contribution in [3.8, 4) is 0 Å². The first-order valence-corrected chi connectivity index (χ1v) is 5.90. The predicted octanol–water partition coefficient (Wildman–Crippen LogP) is 1.08. The third-order valence-electron chi connectivity index (χ3n) is 4.36. The second-order valence-electron chi connectivity index (χ2n) is 4.95. The van der Waals surface area contributed by atoms with Crippen molar-refractivity contribution in [3.63, 3.8) is 0 Å². The molecule has 2 nitrogen and oxygen atoms in total. The second kappa shape index (κ2) is 3.25. The Labute approximate surface area is 80.7 Å². The average molecular weight is 180 g/mol. The minimum absolute atomic E-state index is 0.977. The SMILES string of the molecule is C1CC2C(C3CCNC3)CCN2C1. The van der Waals surface area contributed by atoms with Crippen LogP contribution in [0.4, 0.5) is 0 Å². The van der Waals surface area contributed by atoms with Crippen LogP contribution in [0.5, 0.6) is 0 Å². The lowest BCUT2D eigenvalue weighted by atomic mass is 9.84. The van der Waals surface area contributed by atoms with Gasteiger partial charge in [-0.2, -0.15) is 0 Å². The quantitative estimate of drug-likeness (QED) is 0.649. The zero-order valence-corrected chi connectivity index (χ0v) is 8.34. The number of nitrogens with one attached hydrogen (secondary N) is 1. The van der Waals surface area contributed by atoms with E-state index in [0.29, 0.717) is 0 Å². The van der Waals surface area contributed by atoms with Crippen LogP contribution in [-0.4, -0.2) is 37.1 Å². The molecule has 0 aliphatic carbocycles. The van der Waals surface area contributed by atoms with Crippen LogP contribution in [0, 0.1) is 11.8 Å². The van der Waals surface area contributed by atoms with Crippen molar-refractivity contribution < 1.29 is 0 Å². The molecule has 13 heavy (non-hydrogen) atoms. The van der Waals surface area contributed by atoms with Gasteiger partial charge in [0.2, 0.25) is 0 Å². The highest BCUT2D eigenvalue weighted by molar-refractivity contribution is 4.95. The van der Waals surface area contributed by atoms with E-state index in [1.807, 2.05) is 0 Å². The fraction of sp³-hybridized carbons (Fsp3) is 1.00. The van der Waals surface area contributed by atoms with Crippen molar-refractivity contribution >= 4 is 0 Å². The molecule has 3 aliphatic heterocycles. The maximum Gasteiger partial charge on any atom is 0.0128 e. The molecule has 0 saturated carbocycles. The van der Waals surface area contributed by atoms with Gasteiger partial charge in [-0.25, -0.2) is 0 Å². The number of nitrogens with zero attached hydrogens (tertiary/aromatic N) is 1. The normalized spacial score (nSPS) is 45.7. The Kier molecular flexibility index (Phi) is 2.06. The molecule has 3 aliphatic rings. The van der Waals surface area contributed by atoms with E-state index in [4.69, 9.17) is 0 Å². The summed E-state index contributed by atoms with van der Waals surface area (Å²) in [5.41, 5.74) is 0. The molecule has 0 radical (unpaired) electrons. The van der Waals surface area contributed by atoms with Crippen molar-refractivity contribution in [2.45, 2.75) is 31.7 Å². The number of hydrogen-bond donors (Lipinski definition) is 1. The highest BCUT2D eigenvalue weighted by Crippen LogP contribution is 2.38. The van der Waals surface area contributed by atoms with E-state index in [2.05, 4.69) is 10.2 Å². The lowest BCUT2D eigenvalue weighted by Crippen LogP contribution is -2.30. The molecule has 0 aromatic rings. The molecule has 0 aromatic carbocycles. The first-order valence-electron chi connectivity index (χ1n) is 5.90. The number of rotatable bonds is 1. The Morgan fingerprint density at radius 1 is 1.08 bits per heavy atom. The summed E-state index contributed by atoms with van der Waals surface area (Å²) in [6.07, 6.45) is 5.87. The van der Waals surface area contributed by atoms with E-state index in [1.54, 1.807) is 0 Å². The molecule has 3 heterocycles. The van der Waals surface area contributed by atoms with Crippen molar-refractivity contribution in [2.24, 2.45) is 11.8 Å². The van der Waals surface area contributed by atoms with Gasteiger partial charge in [-0.1, -0.05) is 0 Å². The van der Waals surface area contributed by atoms with Crippen molar-refractivity contribution in [1.29, 1.82) is 0 Å². The smallest absolute Gasteiger partial charge is 0.0128 e. The van der Waals surface area contributed by atoms with Crippen LogP contribution in [0.25, 0.3) is 0 Å². The largest absolute Gasteiger partial charge is 0.316 e. The zero-order chi connectivity index (χ0) is 8.67. The van der Waals surface area contributed by atoms with Crippen LogP contribution < -0.4 is 5.32 Å². The van der Waals surface area contributed by atoms with Crippen molar-refractivity contribution in [2.75, 3.05) is 26.2 Å². The fourth-order valence-electron chi connectivity index (χ4n) is 3.71. The minimum Gasteiger partial charge on any atom is -0.316 e. The van der Waals surface area contributed by atoms with Gasteiger partial charge in [0.05, 0.1) is 0 Å². The maximum absolute atomic E-state index is 3.51. The molecule has 0 aromatic heterocycles. The Balaban J connectivity index is 1.70. The maximum atomic E-state index is 3.51. The molecule has 0 amide bonds. The lowest BCUT2D eigenvalue weighted by Gasteiger charge is -2.24. The van der Waals surface area contributed by atoms with Crippen LogP contribution in [-0.2, 0) is 0 Å². The van der Waals surface area contributed by atoms with Crippen LogP contribution in [0.15, 0.2) is 0 Å². The molecule has 0 bridgehead atoms. The topological polar surface area (TPSA) is 15.3 Å². The molecule has 3 atom stereocenters. The van der Waals surface area contributed by atoms with Gasteiger partial charge < -0.3 is 10.2 Å². The van der Waals surface area contributed by atoms with Crippen LogP contribution in [0.1, 0.15) is 25.7 Å². The van der Waals surface area contributed by atoms with E-state index in [0.717, 1.165) is 17.9 Å². The van der Waals surface area contributed by atoms with Gasteiger partial charge in [-0.15, -0.1) is 0 Å². The molecule has 3 rings (SSSR count). The third kappa shape index (κ3) is 1.31. The Morgan fingerprint density at radius 2 is 2.08 bits per heavy atom. The Hall–Kier alpha value is -0.0800. The average Bonchev–Trinajstić information content (AvgIpc) is 2.79. The van der Waals surface area contributed by atoms with E-state index in [-0.39, 0.29) is 0 Å². The van der Waals surface area contributed by atoms with E-state index in [9.17, 15) is 0 Å². The van der Waals surface area contributed by atoms with Gasteiger partial charge in [0.25, 0.3) is 0 Å². The van der Waals surface area contributed by atoms with Gasteiger partial charge in [0.1, 0.15) is 0 Å². The highest BCUT2D eigenvalue weighted by atomic mass is 15.2. The van der Waals surface area contributed by atoms with Gasteiger partial charge in [-0.05, 0) is 63.7 Å². The van der Waals surface area contributed by atoms with E-state index >= 15 is 0 Å². The summed E-state index contributed by atoms with van der Waals surface area (Å²) in [7, 11) is 0. The van der Waals surface area contributed by atoms with Crippen LogP contribution >= 0.6 is 0 Å². The molecule has 1 N–H and O–H groups in total. The Bertz CT molecular complexity index is 187. The molecule has 3 fully saturated rings. The first kappa shape index (κ1) is 8.25. The molecule has 0 spiro atoms. The fourth-order valence-corrected chi connectivity index (χ4v) is 3.71. The molecule has 3 unspecified atom stereocenters. The third-order valence-corrected chi connectivity index (χ3v) is 4.36. The standard InChI is InChI=1S/C11H20N2/c1-2-11-10(4-7-13(11)6-1)9-3-5-12-8-9/h9-12H,1-8H2. The summed E-state index contributed by atoms with van der Waals surface area (Å²) < 4.78 is 0. The summed E-state index contributed by atoms with van der Waals surface area (Å²) in [4.78, 5) is 2.74. The van der Waals surface area contributed by atoms with Gasteiger partial charge in [-0.3, -0.25) is 0 Å². The minimum atomic E-state index is 0.977. The Morgan fingerprint density at radius 3 is 2.92 bits per heavy atom. The van der Waals surface area contributed by atoms with Crippen molar-refractivity contribution in [3.05, 3.63) is 0 Å². The first-order chi connectivity index (χ1) is 6.45. The summed E-state index contributed by atoms with van der Waals surface area (Å²) in [5, 5.41) is 3.51. The van der Waals surface area contributed by atoms with E-state index < -0.39 is 0 Å². The molecule has 2 heteroatoms. The monoisotopic (exact) mass is 180 g/mol.